The third-order valence-electron chi connectivity index (χ3n) is 6.05. The number of nitrogens with one attached hydrogen (secondary N) is 2. The monoisotopic (exact) mass is 475 g/mol. The predicted molar refractivity (Wildman–Crippen MR) is 120 cm³/mol. The third kappa shape index (κ3) is 4.21. The van der Waals surface area contributed by atoms with Gasteiger partial charge in [-0.05, 0) is 60.9 Å². The molecule has 0 spiro atoms. The van der Waals surface area contributed by atoms with Crippen molar-refractivity contribution in [2.75, 3.05) is 0 Å². The number of aliphatic hydroxyl groups is 2. The molecule has 2 heterocycles. The molecule has 0 bridgehead atoms. The zero-order valence-electron chi connectivity index (χ0n) is 18.5. The SMILES string of the molecule is CCCCCc1[nH]c(CO)cc1C(O)(c1ccc2[nH]nc(-c3ccc(F)cc3)c2c1)C(F)(F)F. The largest absolute Gasteiger partial charge is 0.425 e. The number of aryl methyl sites for hydroxylation is 1. The van der Waals surface area contributed by atoms with Crippen molar-refractivity contribution in [3.05, 3.63) is 76.9 Å². The van der Waals surface area contributed by atoms with Gasteiger partial charge in [0.05, 0.1) is 17.8 Å². The fourth-order valence-electron chi connectivity index (χ4n) is 4.25. The van der Waals surface area contributed by atoms with E-state index in [4.69, 9.17) is 0 Å². The first-order chi connectivity index (χ1) is 16.2. The molecule has 1 atom stereocenters. The number of fused-ring (bicyclic) bond motifs is 1. The van der Waals surface area contributed by atoms with Gasteiger partial charge in [0.1, 0.15) is 5.82 Å². The van der Waals surface area contributed by atoms with Gasteiger partial charge in [-0.2, -0.15) is 18.3 Å². The molecule has 1 unspecified atom stereocenters. The molecular weight excluding hydrogens is 450 g/mol. The summed E-state index contributed by atoms with van der Waals surface area (Å²) in [5.74, 6) is -0.446. The Hall–Kier alpha value is -3.17. The van der Waals surface area contributed by atoms with Gasteiger partial charge in [0.25, 0.3) is 0 Å². The molecule has 0 saturated carbocycles. The summed E-state index contributed by atoms with van der Waals surface area (Å²) < 4.78 is 57.0. The van der Waals surface area contributed by atoms with Gasteiger partial charge in [-0.1, -0.05) is 25.8 Å². The van der Waals surface area contributed by atoms with E-state index >= 15 is 0 Å². The Labute approximate surface area is 193 Å². The summed E-state index contributed by atoms with van der Waals surface area (Å²) in [4.78, 5) is 2.85. The lowest BCUT2D eigenvalue weighted by Gasteiger charge is -2.32. The zero-order valence-corrected chi connectivity index (χ0v) is 18.5. The van der Waals surface area contributed by atoms with Crippen LogP contribution < -0.4 is 0 Å². The summed E-state index contributed by atoms with van der Waals surface area (Å²) in [6, 6.07) is 10.5. The second kappa shape index (κ2) is 9.23. The summed E-state index contributed by atoms with van der Waals surface area (Å²) in [6.07, 6.45) is -2.40. The van der Waals surface area contributed by atoms with Crippen molar-refractivity contribution < 1.29 is 27.8 Å². The zero-order chi connectivity index (χ0) is 24.5. The van der Waals surface area contributed by atoms with E-state index in [0.29, 0.717) is 35.0 Å². The van der Waals surface area contributed by atoms with Crippen molar-refractivity contribution in [2.45, 2.75) is 51.0 Å². The highest BCUT2D eigenvalue weighted by Crippen LogP contribution is 2.47. The normalized spacial score (nSPS) is 14.0. The summed E-state index contributed by atoms with van der Waals surface area (Å²) in [5, 5.41) is 28.2. The van der Waals surface area contributed by atoms with E-state index in [1.54, 1.807) is 0 Å². The summed E-state index contributed by atoms with van der Waals surface area (Å²) >= 11 is 0. The molecule has 34 heavy (non-hydrogen) atoms. The van der Waals surface area contributed by atoms with E-state index in [-0.39, 0.29) is 22.5 Å². The van der Waals surface area contributed by atoms with Crippen LogP contribution in [0.3, 0.4) is 0 Å². The lowest BCUT2D eigenvalue weighted by atomic mass is 9.83. The minimum Gasteiger partial charge on any atom is -0.390 e. The molecule has 4 N–H and O–H groups in total. The van der Waals surface area contributed by atoms with Crippen LogP contribution in [0.2, 0.25) is 0 Å². The number of H-pyrrole nitrogens is 2. The minimum absolute atomic E-state index is 0.195. The Balaban J connectivity index is 1.88. The van der Waals surface area contributed by atoms with E-state index < -0.39 is 24.2 Å². The molecule has 4 rings (SSSR count). The maximum atomic E-state index is 14.6. The smallest absolute Gasteiger partial charge is 0.390 e. The van der Waals surface area contributed by atoms with Crippen LogP contribution in [0.15, 0.2) is 48.5 Å². The second-order valence-electron chi connectivity index (χ2n) is 8.35. The molecule has 5 nitrogen and oxygen atoms in total. The maximum Gasteiger partial charge on any atom is 0.425 e. The first-order valence-electron chi connectivity index (χ1n) is 11.0. The van der Waals surface area contributed by atoms with E-state index in [1.807, 2.05) is 6.92 Å². The molecule has 0 radical (unpaired) electrons. The number of hydrogen-bond donors (Lipinski definition) is 4. The predicted octanol–water partition coefficient (Wildman–Crippen LogP) is 5.72. The average molecular weight is 475 g/mol. The number of benzene rings is 2. The van der Waals surface area contributed by atoms with Crippen LogP contribution in [-0.4, -0.2) is 31.6 Å². The summed E-state index contributed by atoms with van der Waals surface area (Å²) in [7, 11) is 0. The second-order valence-corrected chi connectivity index (χ2v) is 8.35. The molecule has 0 saturated heterocycles. The molecule has 0 aliphatic rings. The first kappa shape index (κ1) is 24.0. The van der Waals surface area contributed by atoms with Crippen molar-refractivity contribution in [2.24, 2.45) is 0 Å². The van der Waals surface area contributed by atoms with Crippen LogP contribution in [0.5, 0.6) is 0 Å². The van der Waals surface area contributed by atoms with Crippen LogP contribution >= 0.6 is 0 Å². The molecule has 2 aromatic carbocycles. The van der Waals surface area contributed by atoms with E-state index in [2.05, 4.69) is 15.2 Å². The van der Waals surface area contributed by atoms with Gasteiger partial charge < -0.3 is 15.2 Å². The van der Waals surface area contributed by atoms with Crippen molar-refractivity contribution >= 4 is 10.9 Å². The standard InChI is InChI=1S/C25H25F4N3O2/c1-2-3-4-5-22-20(13-18(14-33)30-22)24(34,25(27,28)29)16-8-11-21-19(12-16)23(32-31-21)15-6-9-17(26)10-7-15/h6-13,30,33-34H,2-5,14H2,1H3,(H,31,32). The van der Waals surface area contributed by atoms with Crippen molar-refractivity contribution in [1.29, 1.82) is 0 Å². The number of unbranched alkanes of at least 4 members (excludes halogenated alkanes) is 2. The Morgan fingerprint density at radius 1 is 1.00 bits per heavy atom. The van der Waals surface area contributed by atoms with E-state index in [0.717, 1.165) is 12.8 Å². The van der Waals surface area contributed by atoms with Gasteiger partial charge in [0.15, 0.2) is 0 Å². The Bertz CT molecular complexity index is 1280. The first-order valence-corrected chi connectivity index (χ1v) is 11.0. The number of halogens is 4. The van der Waals surface area contributed by atoms with Crippen LogP contribution in [0.1, 0.15) is 48.7 Å². The number of alkyl halides is 3. The van der Waals surface area contributed by atoms with E-state index in [9.17, 15) is 27.8 Å². The van der Waals surface area contributed by atoms with Crippen molar-refractivity contribution in [1.82, 2.24) is 15.2 Å². The van der Waals surface area contributed by atoms with Crippen LogP contribution in [0, 0.1) is 5.82 Å². The van der Waals surface area contributed by atoms with Gasteiger partial charge in [0, 0.05) is 27.9 Å². The lowest BCUT2D eigenvalue weighted by Crippen LogP contribution is -2.43. The summed E-state index contributed by atoms with van der Waals surface area (Å²) in [5.41, 5.74) is -2.25. The molecular formula is C25H25F4N3O2. The number of nitrogens with zero attached hydrogens (tertiary/aromatic N) is 1. The number of aromatic amines is 2. The number of aliphatic hydroxyl groups excluding tert-OH is 1. The third-order valence-corrected chi connectivity index (χ3v) is 6.05. The topological polar surface area (TPSA) is 84.9 Å². The minimum atomic E-state index is -5.05. The number of rotatable bonds is 8. The van der Waals surface area contributed by atoms with Crippen molar-refractivity contribution in [3.8, 4) is 11.3 Å². The van der Waals surface area contributed by atoms with Gasteiger partial charge in [-0.3, -0.25) is 5.10 Å². The molecule has 0 fully saturated rings. The molecule has 180 valence electrons. The Kier molecular flexibility index (Phi) is 6.51. The van der Waals surface area contributed by atoms with Gasteiger partial charge >= 0.3 is 6.18 Å². The van der Waals surface area contributed by atoms with Gasteiger partial charge in [0.2, 0.25) is 5.60 Å². The highest BCUT2D eigenvalue weighted by Gasteiger charge is 2.57. The highest BCUT2D eigenvalue weighted by molar-refractivity contribution is 5.93. The highest BCUT2D eigenvalue weighted by atomic mass is 19.4. The van der Waals surface area contributed by atoms with Crippen LogP contribution in [0.4, 0.5) is 17.6 Å². The lowest BCUT2D eigenvalue weighted by molar-refractivity contribution is -0.248. The molecule has 2 aromatic heterocycles. The maximum absolute atomic E-state index is 14.6. The molecule has 4 aromatic rings. The van der Waals surface area contributed by atoms with Crippen LogP contribution in [-0.2, 0) is 18.6 Å². The summed E-state index contributed by atoms with van der Waals surface area (Å²) in [6.45, 7) is 1.50. The quantitative estimate of drug-likeness (QED) is 0.194. The Morgan fingerprint density at radius 3 is 2.38 bits per heavy atom. The van der Waals surface area contributed by atoms with Crippen molar-refractivity contribution in [3.63, 3.8) is 0 Å². The number of hydrogen-bond acceptors (Lipinski definition) is 3. The fraction of sp³-hybridized carbons (Fsp3) is 0.320. The Morgan fingerprint density at radius 2 is 1.74 bits per heavy atom. The number of aromatic nitrogens is 3. The molecule has 0 aliphatic heterocycles. The van der Waals surface area contributed by atoms with Gasteiger partial charge in [-0.25, -0.2) is 4.39 Å². The molecule has 0 aliphatic carbocycles. The van der Waals surface area contributed by atoms with Crippen LogP contribution in [0.25, 0.3) is 22.2 Å². The van der Waals surface area contributed by atoms with Gasteiger partial charge in [-0.15, -0.1) is 0 Å². The fourth-order valence-corrected chi connectivity index (χ4v) is 4.25. The molecule has 9 heteroatoms. The molecule has 0 amide bonds. The van der Waals surface area contributed by atoms with E-state index in [1.165, 1.54) is 48.5 Å². The average Bonchev–Trinajstić information content (AvgIpc) is 3.42.